The van der Waals surface area contributed by atoms with Gasteiger partial charge in [0.2, 0.25) is 0 Å². The summed E-state index contributed by atoms with van der Waals surface area (Å²) in [6.07, 6.45) is 0.744. The minimum Gasteiger partial charge on any atom is -0.508 e. The summed E-state index contributed by atoms with van der Waals surface area (Å²) in [6.45, 7) is 5.82. The summed E-state index contributed by atoms with van der Waals surface area (Å²) >= 11 is 0. The van der Waals surface area contributed by atoms with Crippen LogP contribution in [0.3, 0.4) is 0 Å². The van der Waals surface area contributed by atoms with Gasteiger partial charge in [-0.25, -0.2) is 0 Å². The van der Waals surface area contributed by atoms with Crippen LogP contribution in [0, 0.1) is 13.8 Å². The third-order valence-electron chi connectivity index (χ3n) is 6.66. The molecule has 6 heteroatoms. The topological polar surface area (TPSA) is 87.1 Å². The van der Waals surface area contributed by atoms with E-state index in [1.54, 1.807) is 30.3 Å². The molecule has 1 fully saturated rings. The Morgan fingerprint density at radius 1 is 1.03 bits per heavy atom. The number of aliphatic hydroxyl groups is 1. The van der Waals surface area contributed by atoms with Crippen molar-refractivity contribution < 1.29 is 24.5 Å². The zero-order chi connectivity index (χ0) is 24.1. The molecule has 2 heterocycles. The number of carbonyl (C=O) groups excluding carboxylic acids is 2. The van der Waals surface area contributed by atoms with Crippen molar-refractivity contribution in [2.24, 2.45) is 0 Å². The monoisotopic (exact) mass is 455 g/mol. The Balaban J connectivity index is 1.71. The molecule has 2 aliphatic rings. The number of phenols is 1. The van der Waals surface area contributed by atoms with Gasteiger partial charge in [-0.1, -0.05) is 24.3 Å². The first-order chi connectivity index (χ1) is 16.3. The Morgan fingerprint density at radius 2 is 1.76 bits per heavy atom. The molecule has 34 heavy (non-hydrogen) atoms. The van der Waals surface area contributed by atoms with Gasteiger partial charge in [-0.15, -0.1) is 0 Å². The Kier molecular flexibility index (Phi) is 5.16. The highest BCUT2D eigenvalue weighted by Crippen LogP contribution is 2.44. The lowest BCUT2D eigenvalue weighted by Crippen LogP contribution is -2.30. The van der Waals surface area contributed by atoms with Gasteiger partial charge in [0.25, 0.3) is 11.7 Å². The molecule has 2 N–H and O–H groups in total. The van der Waals surface area contributed by atoms with Gasteiger partial charge in [-0.05, 0) is 79.4 Å². The van der Waals surface area contributed by atoms with Crippen molar-refractivity contribution in [1.29, 1.82) is 0 Å². The molecule has 172 valence electrons. The number of anilines is 1. The molecule has 1 saturated heterocycles. The first-order valence-electron chi connectivity index (χ1n) is 11.2. The molecular weight excluding hydrogens is 430 g/mol. The largest absolute Gasteiger partial charge is 0.508 e. The van der Waals surface area contributed by atoms with Crippen molar-refractivity contribution in [1.82, 2.24) is 0 Å². The Labute approximate surface area is 197 Å². The highest BCUT2D eigenvalue weighted by Gasteiger charge is 2.47. The number of nitrogens with zero attached hydrogens (tertiary/aromatic N) is 1. The SMILES string of the molecule is Cc1cccc(N2C(=O)C(=O)/C(=C(\O)c3ccc4c(c3)CC(C)O4)C2c2ccc(O)cc2)c1C. The van der Waals surface area contributed by atoms with E-state index >= 15 is 0 Å². The number of benzene rings is 3. The number of ether oxygens (including phenoxy) is 1. The number of ketones is 1. The van der Waals surface area contributed by atoms with Crippen LogP contribution in [0.1, 0.15) is 40.8 Å². The molecule has 6 nitrogen and oxygen atoms in total. The van der Waals surface area contributed by atoms with Crippen LogP contribution in [0.15, 0.2) is 66.2 Å². The van der Waals surface area contributed by atoms with E-state index in [1.807, 2.05) is 39.0 Å². The second-order valence-corrected chi connectivity index (χ2v) is 8.93. The average molecular weight is 456 g/mol. The van der Waals surface area contributed by atoms with Crippen LogP contribution in [0.25, 0.3) is 5.76 Å². The normalized spacial score (nSPS) is 21.0. The number of hydrogen-bond donors (Lipinski definition) is 2. The van der Waals surface area contributed by atoms with E-state index in [2.05, 4.69) is 0 Å². The van der Waals surface area contributed by atoms with Crippen molar-refractivity contribution in [2.45, 2.75) is 39.3 Å². The van der Waals surface area contributed by atoms with Crippen LogP contribution in [0.5, 0.6) is 11.5 Å². The number of aryl methyl sites for hydroxylation is 1. The van der Waals surface area contributed by atoms with E-state index in [-0.39, 0.29) is 23.2 Å². The Hall–Kier alpha value is -4.06. The number of aliphatic hydroxyl groups excluding tert-OH is 1. The fourth-order valence-corrected chi connectivity index (χ4v) is 4.77. The molecular formula is C28H25NO5. The van der Waals surface area contributed by atoms with Crippen LogP contribution in [0.4, 0.5) is 5.69 Å². The highest BCUT2D eigenvalue weighted by atomic mass is 16.5. The summed E-state index contributed by atoms with van der Waals surface area (Å²) in [5.74, 6) is -0.852. The highest BCUT2D eigenvalue weighted by molar-refractivity contribution is 6.51. The number of rotatable bonds is 3. The van der Waals surface area contributed by atoms with Gasteiger partial charge in [0.1, 0.15) is 23.4 Å². The van der Waals surface area contributed by atoms with Crippen molar-refractivity contribution in [3.63, 3.8) is 0 Å². The van der Waals surface area contributed by atoms with Crippen LogP contribution in [-0.2, 0) is 16.0 Å². The average Bonchev–Trinajstić information content (AvgIpc) is 3.31. The maximum Gasteiger partial charge on any atom is 0.300 e. The van der Waals surface area contributed by atoms with E-state index in [0.717, 1.165) is 22.4 Å². The molecule has 0 aromatic heterocycles. The van der Waals surface area contributed by atoms with Gasteiger partial charge in [0.15, 0.2) is 0 Å². The van der Waals surface area contributed by atoms with Crippen molar-refractivity contribution in [3.8, 4) is 11.5 Å². The van der Waals surface area contributed by atoms with Gasteiger partial charge < -0.3 is 14.9 Å². The van der Waals surface area contributed by atoms with Crippen molar-refractivity contribution >= 4 is 23.1 Å². The number of Topliss-reactive ketones (excluding diaryl/α,β-unsaturated/α-hetero) is 1. The first-order valence-corrected chi connectivity index (χ1v) is 11.2. The molecule has 0 spiro atoms. The maximum absolute atomic E-state index is 13.4. The molecule has 3 aromatic carbocycles. The molecule has 5 rings (SSSR count). The molecule has 0 bridgehead atoms. The van der Waals surface area contributed by atoms with Gasteiger partial charge in [-0.3, -0.25) is 14.5 Å². The number of phenolic OH excluding ortho intramolecular Hbond substituents is 1. The molecule has 1 amide bonds. The van der Waals surface area contributed by atoms with Crippen LogP contribution < -0.4 is 9.64 Å². The molecule has 2 atom stereocenters. The summed E-state index contributed by atoms with van der Waals surface area (Å²) in [6, 6.07) is 16.4. The van der Waals surface area contributed by atoms with E-state index in [9.17, 15) is 19.8 Å². The number of carbonyl (C=O) groups is 2. The maximum atomic E-state index is 13.4. The van der Waals surface area contributed by atoms with Gasteiger partial charge in [-0.2, -0.15) is 0 Å². The lowest BCUT2D eigenvalue weighted by Gasteiger charge is -2.27. The van der Waals surface area contributed by atoms with E-state index in [0.29, 0.717) is 23.2 Å². The minimum atomic E-state index is -0.843. The first kappa shape index (κ1) is 21.8. The molecule has 2 unspecified atom stereocenters. The standard InChI is InChI=1S/C28H25NO5/c1-15-5-4-6-22(17(15)3)29-25(18-7-10-21(30)11-8-18)24(27(32)28(29)33)26(31)19-9-12-23-20(14-19)13-16(2)34-23/h4-12,14,16,25,30-31H,13H2,1-3H3/b26-24-. The zero-order valence-electron chi connectivity index (χ0n) is 19.2. The number of amides is 1. The minimum absolute atomic E-state index is 0.0171. The van der Waals surface area contributed by atoms with Gasteiger partial charge in [0.05, 0.1) is 11.6 Å². The van der Waals surface area contributed by atoms with E-state index in [4.69, 9.17) is 4.74 Å². The quantitative estimate of drug-likeness (QED) is 0.331. The van der Waals surface area contributed by atoms with Crippen LogP contribution in [0.2, 0.25) is 0 Å². The summed E-state index contributed by atoms with van der Waals surface area (Å²) in [7, 11) is 0. The fourth-order valence-electron chi connectivity index (χ4n) is 4.77. The summed E-state index contributed by atoms with van der Waals surface area (Å²) in [5, 5.41) is 21.2. The van der Waals surface area contributed by atoms with E-state index in [1.165, 1.54) is 17.0 Å². The van der Waals surface area contributed by atoms with Crippen molar-refractivity contribution in [2.75, 3.05) is 4.90 Å². The smallest absolute Gasteiger partial charge is 0.300 e. The predicted molar refractivity (Wildman–Crippen MR) is 129 cm³/mol. The summed E-state index contributed by atoms with van der Waals surface area (Å²) in [5.41, 5.74) is 4.49. The molecule has 0 radical (unpaired) electrons. The second-order valence-electron chi connectivity index (χ2n) is 8.93. The lowest BCUT2D eigenvalue weighted by atomic mass is 9.94. The summed E-state index contributed by atoms with van der Waals surface area (Å²) in [4.78, 5) is 28.2. The lowest BCUT2D eigenvalue weighted by molar-refractivity contribution is -0.132. The van der Waals surface area contributed by atoms with Crippen molar-refractivity contribution in [3.05, 3.63) is 94.1 Å². The summed E-state index contributed by atoms with van der Waals surface area (Å²) < 4.78 is 5.76. The third-order valence-corrected chi connectivity index (χ3v) is 6.66. The Morgan fingerprint density at radius 3 is 2.50 bits per heavy atom. The van der Waals surface area contributed by atoms with Crippen LogP contribution in [-0.4, -0.2) is 28.0 Å². The second kappa shape index (κ2) is 8.06. The van der Waals surface area contributed by atoms with Gasteiger partial charge in [0, 0.05) is 17.7 Å². The number of aromatic hydroxyl groups is 1. The van der Waals surface area contributed by atoms with Gasteiger partial charge >= 0.3 is 0 Å². The predicted octanol–water partition coefficient (Wildman–Crippen LogP) is 4.96. The van der Waals surface area contributed by atoms with E-state index < -0.39 is 17.7 Å². The molecule has 0 saturated carbocycles. The third kappa shape index (κ3) is 3.43. The Bertz CT molecular complexity index is 1360. The number of fused-ring (bicyclic) bond motifs is 1. The molecule has 2 aliphatic heterocycles. The molecule has 3 aromatic rings. The zero-order valence-corrected chi connectivity index (χ0v) is 19.2. The number of hydrogen-bond acceptors (Lipinski definition) is 5. The molecule has 0 aliphatic carbocycles. The fraction of sp³-hybridized carbons (Fsp3) is 0.214. The van der Waals surface area contributed by atoms with Crippen LogP contribution >= 0.6 is 0 Å².